The molecule has 4 rings (SSSR count). The number of nitrogens with zero attached hydrogens (tertiary/aromatic N) is 3. The van der Waals surface area contributed by atoms with Crippen LogP contribution < -0.4 is 10.1 Å². The van der Waals surface area contributed by atoms with E-state index in [-0.39, 0.29) is 6.03 Å². The Balaban J connectivity index is 1.44. The third-order valence-electron chi connectivity index (χ3n) is 5.07. The number of carbonyl (C=O) groups is 1. The number of benzene rings is 2. The van der Waals surface area contributed by atoms with Gasteiger partial charge >= 0.3 is 6.03 Å². The fourth-order valence-corrected chi connectivity index (χ4v) is 3.91. The molecule has 0 bridgehead atoms. The molecule has 2 aromatic carbocycles. The van der Waals surface area contributed by atoms with Crippen LogP contribution in [0.15, 0.2) is 59.5 Å². The SMILES string of the molecule is CSc1ccc(NC(=O)N2CCc3c(c(COc4ccccc4)nn3C)C2)cc1. The van der Waals surface area contributed by atoms with E-state index in [1.807, 2.05) is 77.5 Å². The fourth-order valence-electron chi connectivity index (χ4n) is 3.50. The van der Waals surface area contributed by atoms with Gasteiger partial charge in [0, 0.05) is 41.9 Å². The highest BCUT2D eigenvalue weighted by Gasteiger charge is 2.27. The Morgan fingerprint density at radius 1 is 1.17 bits per heavy atom. The van der Waals surface area contributed by atoms with Crippen molar-refractivity contribution in [2.45, 2.75) is 24.5 Å². The maximum Gasteiger partial charge on any atom is 0.322 e. The molecule has 1 N–H and O–H groups in total. The molecule has 0 aliphatic carbocycles. The number of aromatic nitrogens is 2. The first-order valence-corrected chi connectivity index (χ1v) is 10.8. The van der Waals surface area contributed by atoms with Crippen molar-refractivity contribution in [3.63, 3.8) is 0 Å². The predicted molar refractivity (Wildman–Crippen MR) is 115 cm³/mol. The average Bonchev–Trinajstić information content (AvgIpc) is 3.08. The molecule has 0 spiro atoms. The third-order valence-corrected chi connectivity index (χ3v) is 5.82. The highest BCUT2D eigenvalue weighted by Crippen LogP contribution is 2.24. The average molecular weight is 409 g/mol. The molecule has 150 valence electrons. The van der Waals surface area contributed by atoms with Crippen LogP contribution in [0.3, 0.4) is 0 Å². The molecule has 0 saturated carbocycles. The van der Waals surface area contributed by atoms with Gasteiger partial charge in [0.15, 0.2) is 0 Å². The number of hydrogen-bond acceptors (Lipinski definition) is 4. The van der Waals surface area contributed by atoms with E-state index in [9.17, 15) is 4.79 Å². The Morgan fingerprint density at radius 3 is 2.66 bits per heavy atom. The lowest BCUT2D eigenvalue weighted by molar-refractivity contribution is 0.205. The van der Waals surface area contributed by atoms with Crippen molar-refractivity contribution < 1.29 is 9.53 Å². The summed E-state index contributed by atoms with van der Waals surface area (Å²) in [5.74, 6) is 0.811. The maximum absolute atomic E-state index is 12.8. The Labute approximate surface area is 174 Å². The molecule has 1 aromatic heterocycles. The van der Waals surface area contributed by atoms with Crippen molar-refractivity contribution in [3.8, 4) is 5.75 Å². The third kappa shape index (κ3) is 4.40. The van der Waals surface area contributed by atoms with Gasteiger partial charge in [0.25, 0.3) is 0 Å². The number of hydrogen-bond donors (Lipinski definition) is 1. The van der Waals surface area contributed by atoms with Crippen LogP contribution in [0.5, 0.6) is 5.75 Å². The Hall–Kier alpha value is -2.93. The standard InChI is InChI=1S/C22H24N4O2S/c1-25-21-12-13-26(22(27)23-16-8-10-18(29-2)11-9-16)14-19(21)20(24-25)15-28-17-6-4-3-5-7-17/h3-11H,12-15H2,1-2H3,(H,23,27). The van der Waals surface area contributed by atoms with Gasteiger partial charge in [-0.15, -0.1) is 11.8 Å². The number of fused-ring (bicyclic) bond motifs is 1. The van der Waals surface area contributed by atoms with E-state index in [0.29, 0.717) is 19.7 Å². The first kappa shape index (κ1) is 19.4. The summed E-state index contributed by atoms with van der Waals surface area (Å²) >= 11 is 1.68. The van der Waals surface area contributed by atoms with Crippen molar-refractivity contribution in [1.82, 2.24) is 14.7 Å². The van der Waals surface area contributed by atoms with E-state index in [2.05, 4.69) is 10.4 Å². The molecule has 7 heteroatoms. The zero-order valence-electron chi connectivity index (χ0n) is 16.6. The zero-order chi connectivity index (χ0) is 20.2. The molecular formula is C22H24N4O2S. The quantitative estimate of drug-likeness (QED) is 0.639. The van der Waals surface area contributed by atoms with Gasteiger partial charge in [-0.3, -0.25) is 4.68 Å². The number of amides is 2. The van der Waals surface area contributed by atoms with Crippen LogP contribution in [0.2, 0.25) is 0 Å². The van der Waals surface area contributed by atoms with E-state index in [1.54, 1.807) is 11.8 Å². The van der Waals surface area contributed by atoms with Crippen LogP contribution in [0.25, 0.3) is 0 Å². The predicted octanol–water partition coefficient (Wildman–Crippen LogP) is 4.31. The van der Waals surface area contributed by atoms with E-state index >= 15 is 0 Å². The maximum atomic E-state index is 12.8. The lowest BCUT2D eigenvalue weighted by atomic mass is 10.1. The number of aryl methyl sites for hydroxylation is 1. The Kier molecular flexibility index (Phi) is 5.76. The minimum atomic E-state index is -0.0914. The van der Waals surface area contributed by atoms with Crippen molar-refractivity contribution in [1.29, 1.82) is 0 Å². The lowest BCUT2D eigenvalue weighted by Gasteiger charge is -2.28. The minimum Gasteiger partial charge on any atom is -0.487 e. The first-order valence-electron chi connectivity index (χ1n) is 9.55. The number of carbonyl (C=O) groups excluding carboxylic acids is 1. The molecule has 2 heterocycles. The Morgan fingerprint density at radius 2 is 1.93 bits per heavy atom. The highest BCUT2D eigenvalue weighted by molar-refractivity contribution is 7.98. The van der Waals surface area contributed by atoms with Crippen molar-refractivity contribution >= 4 is 23.5 Å². The monoisotopic (exact) mass is 408 g/mol. The molecule has 0 saturated heterocycles. The molecule has 2 amide bonds. The summed E-state index contributed by atoms with van der Waals surface area (Å²) in [6, 6.07) is 17.5. The lowest BCUT2D eigenvalue weighted by Crippen LogP contribution is -2.39. The van der Waals surface area contributed by atoms with Gasteiger partial charge in [-0.1, -0.05) is 18.2 Å². The van der Waals surface area contributed by atoms with Gasteiger partial charge in [-0.2, -0.15) is 5.10 Å². The summed E-state index contributed by atoms with van der Waals surface area (Å²) in [5, 5.41) is 7.63. The molecule has 0 atom stereocenters. The summed E-state index contributed by atoms with van der Waals surface area (Å²) < 4.78 is 7.80. The van der Waals surface area contributed by atoms with Crippen LogP contribution in [-0.4, -0.2) is 33.5 Å². The summed E-state index contributed by atoms with van der Waals surface area (Å²) in [6.45, 7) is 1.59. The number of anilines is 1. The van der Waals surface area contributed by atoms with Gasteiger partial charge in [-0.05, 0) is 42.7 Å². The molecule has 0 fully saturated rings. The van der Waals surface area contributed by atoms with E-state index in [4.69, 9.17) is 4.74 Å². The summed E-state index contributed by atoms with van der Waals surface area (Å²) in [4.78, 5) is 15.8. The molecular weight excluding hydrogens is 384 g/mol. The molecule has 0 unspecified atom stereocenters. The van der Waals surface area contributed by atoms with Crippen molar-refractivity contribution in [2.75, 3.05) is 18.1 Å². The van der Waals surface area contributed by atoms with Gasteiger partial charge in [0.2, 0.25) is 0 Å². The molecule has 3 aromatic rings. The van der Waals surface area contributed by atoms with Gasteiger partial charge < -0.3 is 15.0 Å². The zero-order valence-corrected chi connectivity index (χ0v) is 17.4. The summed E-state index contributed by atoms with van der Waals surface area (Å²) in [5.41, 5.74) is 3.94. The molecule has 0 radical (unpaired) electrons. The van der Waals surface area contributed by atoms with Crippen LogP contribution in [0.1, 0.15) is 17.0 Å². The minimum absolute atomic E-state index is 0.0914. The normalized spacial score (nSPS) is 13.1. The van der Waals surface area contributed by atoms with E-state index in [0.717, 1.165) is 29.1 Å². The van der Waals surface area contributed by atoms with Gasteiger partial charge in [0.05, 0.1) is 6.54 Å². The number of rotatable bonds is 5. The number of thioether (sulfide) groups is 1. The van der Waals surface area contributed by atoms with Crippen molar-refractivity contribution in [3.05, 3.63) is 71.5 Å². The second kappa shape index (κ2) is 8.61. The first-order chi connectivity index (χ1) is 14.1. The topological polar surface area (TPSA) is 59.4 Å². The van der Waals surface area contributed by atoms with Gasteiger partial charge in [0.1, 0.15) is 18.1 Å². The molecule has 6 nitrogen and oxygen atoms in total. The molecule has 29 heavy (non-hydrogen) atoms. The number of para-hydroxylation sites is 1. The van der Waals surface area contributed by atoms with Crippen LogP contribution in [-0.2, 0) is 26.6 Å². The van der Waals surface area contributed by atoms with E-state index < -0.39 is 0 Å². The highest BCUT2D eigenvalue weighted by atomic mass is 32.2. The van der Waals surface area contributed by atoms with Crippen LogP contribution >= 0.6 is 11.8 Å². The second-order valence-corrected chi connectivity index (χ2v) is 7.81. The number of urea groups is 1. The van der Waals surface area contributed by atoms with Gasteiger partial charge in [-0.25, -0.2) is 4.79 Å². The number of ether oxygens (including phenoxy) is 1. The summed E-state index contributed by atoms with van der Waals surface area (Å²) in [6.07, 6.45) is 2.81. The summed E-state index contributed by atoms with van der Waals surface area (Å²) in [7, 11) is 1.95. The Bertz CT molecular complexity index is 986. The fraction of sp³-hybridized carbons (Fsp3) is 0.273. The van der Waals surface area contributed by atoms with Crippen molar-refractivity contribution in [2.24, 2.45) is 7.05 Å². The molecule has 1 aliphatic heterocycles. The number of nitrogens with one attached hydrogen (secondary N) is 1. The largest absolute Gasteiger partial charge is 0.487 e. The second-order valence-electron chi connectivity index (χ2n) is 6.93. The van der Waals surface area contributed by atoms with E-state index in [1.165, 1.54) is 10.6 Å². The molecule has 1 aliphatic rings. The smallest absolute Gasteiger partial charge is 0.322 e. The van der Waals surface area contributed by atoms with Crippen LogP contribution in [0, 0.1) is 0 Å². The van der Waals surface area contributed by atoms with Crippen LogP contribution in [0.4, 0.5) is 10.5 Å².